The molecule has 0 bridgehead atoms. The van der Waals surface area contributed by atoms with E-state index in [1.807, 2.05) is 6.07 Å². The van der Waals surface area contributed by atoms with Gasteiger partial charge in [-0.25, -0.2) is 0 Å². The van der Waals surface area contributed by atoms with Crippen LogP contribution in [0.4, 0.5) is 0 Å². The Kier molecular flexibility index (Phi) is 10.2. The maximum atomic E-state index is 6.52. The summed E-state index contributed by atoms with van der Waals surface area (Å²) >= 11 is 8.04. The number of hydrogen-bond donors (Lipinski definition) is 0. The van der Waals surface area contributed by atoms with Gasteiger partial charge in [0.05, 0.1) is 13.7 Å². The van der Waals surface area contributed by atoms with E-state index in [1.54, 1.807) is 7.11 Å². The average Bonchev–Trinajstić information content (AvgIpc) is 3.45. The van der Waals surface area contributed by atoms with Crippen molar-refractivity contribution in [2.45, 2.75) is 32.3 Å². The minimum absolute atomic E-state index is 0. The number of methoxy groups -OCH3 is 1. The molecule has 2 aromatic carbocycles. The summed E-state index contributed by atoms with van der Waals surface area (Å²) in [5.41, 5.74) is 2.49. The Morgan fingerprint density at radius 3 is 2.41 bits per heavy atom. The number of benzene rings is 2. The first-order valence-electron chi connectivity index (χ1n) is 11.2. The molecule has 0 spiro atoms. The number of thiophene rings is 1. The maximum absolute atomic E-state index is 6.52. The minimum Gasteiger partial charge on any atom is -0.523 e. The minimum atomic E-state index is -0.0654. The normalized spacial score (nSPS) is 17.7. The molecule has 3 aromatic rings. The topological polar surface area (TPSA) is 27.7 Å². The zero-order valence-electron chi connectivity index (χ0n) is 19.9. The fourth-order valence-corrected chi connectivity index (χ4v) is 5.20. The second kappa shape index (κ2) is 12.7. The summed E-state index contributed by atoms with van der Waals surface area (Å²) in [4.78, 5) is 1.11. The van der Waals surface area contributed by atoms with Crippen LogP contribution in [0.5, 0.6) is 11.5 Å². The Morgan fingerprint density at radius 1 is 1.03 bits per heavy atom. The van der Waals surface area contributed by atoms with Crippen molar-refractivity contribution >= 4 is 22.9 Å². The van der Waals surface area contributed by atoms with Gasteiger partial charge in [0, 0.05) is 68.0 Å². The van der Waals surface area contributed by atoms with E-state index in [0.29, 0.717) is 25.7 Å². The van der Waals surface area contributed by atoms with Crippen LogP contribution < -0.4 is 9.47 Å². The summed E-state index contributed by atoms with van der Waals surface area (Å²) in [6.45, 7) is 6.24. The third kappa shape index (κ3) is 6.74. The van der Waals surface area contributed by atoms with Crippen LogP contribution in [0, 0.1) is 17.2 Å². The van der Waals surface area contributed by atoms with Crippen molar-refractivity contribution in [3.05, 3.63) is 93.2 Å². The molecule has 177 valence electrons. The van der Waals surface area contributed by atoms with E-state index in [9.17, 15) is 0 Å². The van der Waals surface area contributed by atoms with Crippen LogP contribution in [0.2, 0.25) is 0 Å². The van der Waals surface area contributed by atoms with E-state index in [2.05, 4.69) is 79.9 Å². The van der Waals surface area contributed by atoms with Crippen LogP contribution in [0.1, 0.15) is 36.3 Å². The zero-order chi connectivity index (χ0) is 23.3. The number of rotatable bonds is 10. The van der Waals surface area contributed by atoms with Gasteiger partial charge in [-0.3, -0.25) is 11.3 Å². The van der Waals surface area contributed by atoms with E-state index in [4.69, 9.17) is 25.8 Å². The number of ether oxygens (including phenoxy) is 3. The molecule has 1 heterocycles. The smallest absolute Gasteiger partial charge is 0.119 e. The van der Waals surface area contributed by atoms with Gasteiger partial charge in [-0.15, -0.1) is 4.88 Å². The molecule has 0 aliphatic heterocycles. The molecule has 0 saturated carbocycles. The standard InChI is InChI=1S/C28H30ClO3S.Y/c1-28(2,21-7-5-4-6-8-21)22-10-12-23(13-11-22)32-18-26-20(9-14-27(26)29)16-31-17-25-15-24(30-3)19-33-25;/h4-8,10-15,20,26H,9,16-18H2,1-3H3;/q-1;/t20-,26-;/m1./s1. The predicted octanol–water partition coefficient (Wildman–Crippen LogP) is 7.23. The Balaban J connectivity index is 0.00000324. The molecular formula is C28H30ClO3SY-. The number of allylic oxidation sites excluding steroid dienone is 1. The third-order valence-corrected chi connectivity index (χ3v) is 7.65. The molecule has 3 nitrogen and oxygen atoms in total. The SMILES string of the molecule is COc1[c-]sc(COC[C@H]2CC=C(Cl)[C@@H]2COc2ccc(C(C)(C)c3ccccc3)cc2)c1.[Y]. The largest absolute Gasteiger partial charge is 0.523 e. The van der Waals surface area contributed by atoms with Gasteiger partial charge in [0.25, 0.3) is 0 Å². The van der Waals surface area contributed by atoms with Gasteiger partial charge in [0.2, 0.25) is 0 Å². The Bertz CT molecular complexity index is 1060. The molecule has 1 radical (unpaired) electrons. The molecular weight excluding hydrogens is 541 g/mol. The average molecular weight is 571 g/mol. The van der Waals surface area contributed by atoms with Gasteiger partial charge in [0.15, 0.2) is 0 Å². The Hall–Kier alpha value is -1.17. The van der Waals surface area contributed by atoms with Crippen molar-refractivity contribution in [2.75, 3.05) is 20.3 Å². The third-order valence-electron chi connectivity index (χ3n) is 6.41. The summed E-state index contributed by atoms with van der Waals surface area (Å²) < 4.78 is 17.3. The van der Waals surface area contributed by atoms with Gasteiger partial charge in [-0.2, -0.15) is 6.07 Å². The second-order valence-electron chi connectivity index (χ2n) is 8.92. The molecule has 0 saturated heterocycles. The molecule has 2 atom stereocenters. The van der Waals surface area contributed by atoms with E-state index in [1.165, 1.54) is 22.5 Å². The first kappa shape index (κ1) is 27.4. The molecule has 1 aliphatic carbocycles. The molecule has 0 unspecified atom stereocenters. The van der Waals surface area contributed by atoms with E-state index in [-0.39, 0.29) is 44.0 Å². The molecule has 4 rings (SSSR count). The van der Waals surface area contributed by atoms with Crippen LogP contribution >= 0.6 is 22.9 Å². The summed E-state index contributed by atoms with van der Waals surface area (Å²) in [5.74, 6) is 2.09. The molecule has 0 fully saturated rings. The first-order valence-corrected chi connectivity index (χ1v) is 12.4. The van der Waals surface area contributed by atoms with E-state index in [0.717, 1.165) is 27.8 Å². The molecule has 6 heteroatoms. The quantitative estimate of drug-likeness (QED) is 0.241. The van der Waals surface area contributed by atoms with Crippen molar-refractivity contribution in [3.8, 4) is 11.5 Å². The number of hydrogen-bond acceptors (Lipinski definition) is 4. The van der Waals surface area contributed by atoms with Gasteiger partial charge < -0.3 is 14.2 Å². The monoisotopic (exact) mass is 570 g/mol. The first-order chi connectivity index (χ1) is 16.0. The fourth-order valence-electron chi connectivity index (χ4n) is 4.18. The van der Waals surface area contributed by atoms with Gasteiger partial charge in [0.1, 0.15) is 5.75 Å². The zero-order valence-corrected chi connectivity index (χ0v) is 24.3. The van der Waals surface area contributed by atoms with Crippen molar-refractivity contribution in [3.63, 3.8) is 0 Å². The molecule has 0 amide bonds. The van der Waals surface area contributed by atoms with Crippen LogP contribution in [0.25, 0.3) is 0 Å². The predicted molar refractivity (Wildman–Crippen MR) is 135 cm³/mol. The van der Waals surface area contributed by atoms with Gasteiger partial charge in [-0.1, -0.05) is 79.4 Å². The molecule has 1 aromatic heterocycles. The van der Waals surface area contributed by atoms with Crippen LogP contribution in [0.15, 0.2) is 71.8 Å². The van der Waals surface area contributed by atoms with E-state index < -0.39 is 0 Å². The van der Waals surface area contributed by atoms with Crippen molar-refractivity contribution in [1.29, 1.82) is 0 Å². The summed E-state index contributed by atoms with van der Waals surface area (Å²) in [7, 11) is 1.65. The Morgan fingerprint density at radius 2 is 1.74 bits per heavy atom. The summed E-state index contributed by atoms with van der Waals surface area (Å²) in [6.07, 6.45) is 3.01. The molecule has 34 heavy (non-hydrogen) atoms. The Labute approximate surface area is 237 Å². The second-order valence-corrected chi connectivity index (χ2v) is 10.3. The van der Waals surface area contributed by atoms with Crippen LogP contribution in [0.3, 0.4) is 0 Å². The van der Waals surface area contributed by atoms with Gasteiger partial charge >= 0.3 is 0 Å². The fraction of sp³-hybridized carbons (Fsp3) is 0.357. The number of halogens is 1. The van der Waals surface area contributed by atoms with Gasteiger partial charge in [-0.05, 0) is 35.6 Å². The summed E-state index contributed by atoms with van der Waals surface area (Å²) in [5, 5.41) is 3.97. The van der Waals surface area contributed by atoms with Crippen molar-refractivity contribution < 1.29 is 46.9 Å². The van der Waals surface area contributed by atoms with E-state index >= 15 is 0 Å². The molecule has 0 N–H and O–H groups in total. The maximum Gasteiger partial charge on any atom is 0.119 e. The summed E-state index contributed by atoms with van der Waals surface area (Å²) in [6, 6.07) is 21.0. The van der Waals surface area contributed by atoms with Crippen molar-refractivity contribution in [1.82, 2.24) is 0 Å². The van der Waals surface area contributed by atoms with Crippen molar-refractivity contribution in [2.24, 2.45) is 11.8 Å². The molecule has 1 aliphatic rings. The van der Waals surface area contributed by atoms with Crippen LogP contribution in [-0.4, -0.2) is 20.3 Å². The van der Waals surface area contributed by atoms with Crippen LogP contribution in [-0.2, 0) is 49.5 Å².